The molecule has 0 atom stereocenters. The summed E-state index contributed by atoms with van der Waals surface area (Å²) in [4.78, 5) is 27.7. The molecule has 1 saturated heterocycles. The minimum Gasteiger partial charge on any atom is -0.457 e. The Morgan fingerprint density at radius 1 is 0.853 bits per heavy atom. The van der Waals surface area contributed by atoms with Gasteiger partial charge in [-0.1, -0.05) is 36.4 Å². The lowest BCUT2D eigenvalue weighted by atomic mass is 9.95. The van der Waals surface area contributed by atoms with Crippen LogP contribution in [0.5, 0.6) is 11.5 Å². The highest BCUT2D eigenvalue weighted by Gasteiger charge is 2.29. The van der Waals surface area contributed by atoms with Crippen molar-refractivity contribution in [2.45, 2.75) is 18.8 Å². The highest BCUT2D eigenvalue weighted by molar-refractivity contribution is 5.94. The van der Waals surface area contributed by atoms with Crippen molar-refractivity contribution in [3.63, 3.8) is 0 Å². The molecule has 1 aliphatic heterocycles. The molecule has 1 fully saturated rings. The predicted molar refractivity (Wildman–Crippen MR) is 130 cm³/mol. The first-order valence-corrected chi connectivity index (χ1v) is 11.4. The SMILES string of the molecule is Cn1nc(C2CCN(C(=O)c3ccc(Oc4ccccc4)cc3)CC2)n(-c2ccccc2)c1=O. The maximum atomic E-state index is 13.1. The van der Waals surface area contributed by atoms with E-state index in [9.17, 15) is 9.59 Å². The summed E-state index contributed by atoms with van der Waals surface area (Å²) in [6, 6.07) is 26.4. The van der Waals surface area contributed by atoms with Gasteiger partial charge in [0, 0.05) is 31.6 Å². The number of nitrogens with zero attached hydrogens (tertiary/aromatic N) is 4. The van der Waals surface area contributed by atoms with Crippen LogP contribution in [0.1, 0.15) is 34.9 Å². The number of aryl methyl sites for hydroxylation is 1. The molecule has 7 nitrogen and oxygen atoms in total. The Kier molecular flexibility index (Phi) is 5.99. The second kappa shape index (κ2) is 9.39. The van der Waals surface area contributed by atoms with Gasteiger partial charge in [0.05, 0.1) is 5.69 Å². The molecule has 172 valence electrons. The largest absolute Gasteiger partial charge is 0.457 e. The molecule has 4 aromatic rings. The van der Waals surface area contributed by atoms with Gasteiger partial charge in [-0.05, 0) is 61.4 Å². The molecule has 3 aromatic carbocycles. The van der Waals surface area contributed by atoms with Crippen LogP contribution in [0.15, 0.2) is 89.7 Å². The molecular formula is C27H26N4O3. The fourth-order valence-electron chi connectivity index (χ4n) is 4.38. The van der Waals surface area contributed by atoms with E-state index in [1.54, 1.807) is 23.7 Å². The molecule has 0 saturated carbocycles. The summed E-state index contributed by atoms with van der Waals surface area (Å²) in [6.45, 7) is 1.23. The third kappa shape index (κ3) is 4.37. The second-order valence-electron chi connectivity index (χ2n) is 8.44. The van der Waals surface area contributed by atoms with Gasteiger partial charge >= 0.3 is 5.69 Å². The van der Waals surface area contributed by atoms with Crippen molar-refractivity contribution in [1.82, 2.24) is 19.2 Å². The van der Waals surface area contributed by atoms with Crippen LogP contribution < -0.4 is 10.4 Å². The first-order valence-electron chi connectivity index (χ1n) is 11.4. The zero-order valence-electron chi connectivity index (χ0n) is 19.0. The van der Waals surface area contributed by atoms with E-state index >= 15 is 0 Å². The van der Waals surface area contributed by atoms with Crippen LogP contribution in [0.4, 0.5) is 0 Å². The van der Waals surface area contributed by atoms with Gasteiger partial charge in [0.2, 0.25) is 0 Å². The molecule has 0 N–H and O–H groups in total. The Hall–Kier alpha value is -4.13. The Balaban J connectivity index is 1.26. The lowest BCUT2D eigenvalue weighted by molar-refractivity contribution is 0.0710. The number of benzene rings is 3. The van der Waals surface area contributed by atoms with Crippen molar-refractivity contribution in [3.05, 3.63) is 107 Å². The van der Waals surface area contributed by atoms with Crippen molar-refractivity contribution in [2.24, 2.45) is 7.05 Å². The van der Waals surface area contributed by atoms with Crippen LogP contribution in [0, 0.1) is 0 Å². The van der Waals surface area contributed by atoms with Crippen LogP contribution in [0.3, 0.4) is 0 Å². The van der Waals surface area contributed by atoms with Crippen LogP contribution in [0.2, 0.25) is 0 Å². The van der Waals surface area contributed by atoms with E-state index in [0.717, 1.165) is 30.1 Å². The quantitative estimate of drug-likeness (QED) is 0.449. The summed E-state index contributed by atoms with van der Waals surface area (Å²) in [6.07, 6.45) is 1.51. The number of ether oxygens (including phenoxy) is 1. The molecule has 1 aliphatic rings. The summed E-state index contributed by atoms with van der Waals surface area (Å²) in [5.74, 6) is 2.32. The van der Waals surface area contributed by atoms with Gasteiger partial charge < -0.3 is 9.64 Å². The van der Waals surface area contributed by atoms with Crippen LogP contribution in [-0.2, 0) is 7.05 Å². The van der Waals surface area contributed by atoms with Crippen molar-refractivity contribution in [2.75, 3.05) is 13.1 Å². The first-order chi connectivity index (χ1) is 16.6. The number of hydrogen-bond donors (Lipinski definition) is 0. The average Bonchev–Trinajstić information content (AvgIpc) is 3.19. The number of rotatable bonds is 5. The zero-order chi connectivity index (χ0) is 23.5. The molecular weight excluding hydrogens is 428 g/mol. The maximum absolute atomic E-state index is 13.1. The fourth-order valence-corrected chi connectivity index (χ4v) is 4.38. The lowest BCUT2D eigenvalue weighted by Crippen LogP contribution is -2.38. The minimum atomic E-state index is -0.155. The van der Waals surface area contributed by atoms with Gasteiger partial charge in [0.1, 0.15) is 17.3 Å². The molecule has 1 aromatic heterocycles. The van der Waals surface area contributed by atoms with E-state index in [1.165, 1.54) is 4.68 Å². The first kappa shape index (κ1) is 21.7. The molecule has 2 heterocycles. The number of aromatic nitrogens is 3. The smallest absolute Gasteiger partial charge is 0.350 e. The maximum Gasteiger partial charge on any atom is 0.350 e. The number of amides is 1. The Morgan fingerprint density at radius 3 is 2.09 bits per heavy atom. The Labute approximate surface area is 197 Å². The summed E-state index contributed by atoms with van der Waals surface area (Å²) in [7, 11) is 1.68. The van der Waals surface area contributed by atoms with Crippen molar-refractivity contribution < 1.29 is 9.53 Å². The molecule has 0 aliphatic carbocycles. The van der Waals surface area contributed by atoms with E-state index in [4.69, 9.17) is 4.74 Å². The second-order valence-corrected chi connectivity index (χ2v) is 8.44. The average molecular weight is 455 g/mol. The molecule has 0 unspecified atom stereocenters. The number of carbonyl (C=O) groups is 1. The Bertz CT molecular complexity index is 1320. The van der Waals surface area contributed by atoms with Crippen LogP contribution in [0.25, 0.3) is 5.69 Å². The summed E-state index contributed by atoms with van der Waals surface area (Å²) in [5, 5.41) is 4.53. The van der Waals surface area contributed by atoms with Gasteiger partial charge in [-0.15, -0.1) is 0 Å². The lowest BCUT2D eigenvalue weighted by Gasteiger charge is -2.31. The number of hydrogen-bond acceptors (Lipinski definition) is 4. The topological polar surface area (TPSA) is 69.4 Å². The minimum absolute atomic E-state index is 0.00572. The molecule has 0 spiro atoms. The van der Waals surface area contributed by atoms with E-state index in [2.05, 4.69) is 5.10 Å². The number of para-hydroxylation sites is 2. The van der Waals surface area contributed by atoms with Crippen LogP contribution >= 0.6 is 0 Å². The molecule has 0 bridgehead atoms. The normalized spacial score (nSPS) is 14.2. The molecule has 5 rings (SSSR count). The molecule has 0 radical (unpaired) electrons. The van der Waals surface area contributed by atoms with E-state index in [-0.39, 0.29) is 17.5 Å². The third-order valence-corrected chi connectivity index (χ3v) is 6.19. The number of piperidine rings is 1. The third-order valence-electron chi connectivity index (χ3n) is 6.19. The summed E-state index contributed by atoms with van der Waals surface area (Å²) >= 11 is 0. The standard InChI is InChI=1S/C27H26N4O3/c1-29-27(33)31(22-8-4-2-5-9-22)25(28-29)20-16-18-30(19-17-20)26(32)21-12-14-24(15-13-21)34-23-10-6-3-7-11-23/h2-15,20H,16-19H2,1H3. The number of likely N-dealkylation sites (tertiary alicyclic amines) is 1. The Morgan fingerprint density at radius 2 is 1.44 bits per heavy atom. The zero-order valence-corrected chi connectivity index (χ0v) is 19.0. The highest BCUT2D eigenvalue weighted by atomic mass is 16.5. The van der Waals surface area contributed by atoms with Gasteiger partial charge in [-0.2, -0.15) is 5.10 Å². The highest BCUT2D eigenvalue weighted by Crippen LogP contribution is 2.29. The molecule has 34 heavy (non-hydrogen) atoms. The number of carbonyl (C=O) groups excluding carboxylic acids is 1. The van der Waals surface area contributed by atoms with E-state index in [0.29, 0.717) is 24.4 Å². The molecule has 7 heteroatoms. The summed E-state index contributed by atoms with van der Waals surface area (Å²) in [5.41, 5.74) is 1.29. The summed E-state index contributed by atoms with van der Waals surface area (Å²) < 4.78 is 8.90. The van der Waals surface area contributed by atoms with Gasteiger partial charge in [-0.25, -0.2) is 14.0 Å². The fraction of sp³-hybridized carbons (Fsp3) is 0.222. The monoisotopic (exact) mass is 454 g/mol. The van der Waals surface area contributed by atoms with E-state index < -0.39 is 0 Å². The van der Waals surface area contributed by atoms with Gasteiger partial charge in [0.15, 0.2) is 0 Å². The predicted octanol–water partition coefficient (Wildman–Crippen LogP) is 4.38. The van der Waals surface area contributed by atoms with Crippen LogP contribution in [-0.4, -0.2) is 38.2 Å². The van der Waals surface area contributed by atoms with E-state index in [1.807, 2.05) is 77.7 Å². The molecule has 1 amide bonds. The van der Waals surface area contributed by atoms with Crippen molar-refractivity contribution in [1.29, 1.82) is 0 Å². The van der Waals surface area contributed by atoms with Crippen molar-refractivity contribution >= 4 is 5.91 Å². The van der Waals surface area contributed by atoms with Crippen molar-refractivity contribution in [3.8, 4) is 17.2 Å². The van der Waals surface area contributed by atoms with Gasteiger partial charge in [0.25, 0.3) is 5.91 Å². The van der Waals surface area contributed by atoms with Gasteiger partial charge in [-0.3, -0.25) is 4.79 Å².